The summed E-state index contributed by atoms with van der Waals surface area (Å²) >= 11 is 0. The summed E-state index contributed by atoms with van der Waals surface area (Å²) in [5.74, 6) is 0.922. The van der Waals surface area contributed by atoms with E-state index in [4.69, 9.17) is 9.72 Å². The Hall–Kier alpha value is -2.86. The van der Waals surface area contributed by atoms with Crippen LogP contribution in [0.15, 0.2) is 48.5 Å². The number of aryl methyl sites for hydroxylation is 1. The SMILES string of the molecule is CCOCC(=O)N[C@@H]1CCN(c2cccc(-c3nc4ccccc4n3C)c2)C1. The van der Waals surface area contributed by atoms with E-state index in [1.54, 1.807) is 0 Å². The lowest BCUT2D eigenvalue weighted by Gasteiger charge is -2.20. The summed E-state index contributed by atoms with van der Waals surface area (Å²) in [5.41, 5.74) is 4.39. The van der Waals surface area contributed by atoms with Crippen molar-refractivity contribution in [3.63, 3.8) is 0 Å². The maximum absolute atomic E-state index is 11.9. The first kappa shape index (κ1) is 18.5. The highest BCUT2D eigenvalue weighted by Gasteiger charge is 2.24. The van der Waals surface area contributed by atoms with Crippen LogP contribution in [0, 0.1) is 0 Å². The largest absolute Gasteiger partial charge is 0.372 e. The molecule has 1 aliphatic rings. The van der Waals surface area contributed by atoms with Gasteiger partial charge in [-0.2, -0.15) is 0 Å². The molecule has 6 nitrogen and oxygen atoms in total. The van der Waals surface area contributed by atoms with Gasteiger partial charge in [0.05, 0.1) is 11.0 Å². The summed E-state index contributed by atoms with van der Waals surface area (Å²) in [6.07, 6.45) is 0.939. The average Bonchev–Trinajstić information content (AvgIpc) is 3.31. The monoisotopic (exact) mass is 378 g/mol. The molecule has 1 aromatic heterocycles. The van der Waals surface area contributed by atoms with Crippen LogP contribution < -0.4 is 10.2 Å². The molecule has 0 unspecified atom stereocenters. The molecule has 1 fully saturated rings. The van der Waals surface area contributed by atoms with Crippen molar-refractivity contribution in [2.45, 2.75) is 19.4 Å². The van der Waals surface area contributed by atoms with E-state index in [1.807, 2.05) is 25.1 Å². The Morgan fingerprint density at radius 3 is 2.93 bits per heavy atom. The summed E-state index contributed by atoms with van der Waals surface area (Å²) in [6.45, 7) is 4.31. The number of ether oxygens (including phenoxy) is 1. The number of hydrogen-bond donors (Lipinski definition) is 1. The number of para-hydroxylation sites is 2. The standard InChI is InChI=1S/C22H26N4O2/c1-3-28-15-21(27)23-17-11-12-26(14-17)18-8-6-7-16(13-18)22-24-19-9-4-5-10-20(19)25(22)2/h4-10,13,17H,3,11-12,14-15H2,1-2H3,(H,23,27)/t17-/m1/s1. The number of anilines is 1. The Kier molecular flexibility index (Phi) is 5.30. The Morgan fingerprint density at radius 2 is 2.11 bits per heavy atom. The number of rotatable bonds is 6. The molecule has 0 bridgehead atoms. The zero-order chi connectivity index (χ0) is 19.5. The molecule has 0 spiro atoms. The highest BCUT2D eigenvalue weighted by Crippen LogP contribution is 2.28. The van der Waals surface area contributed by atoms with Gasteiger partial charge in [-0.05, 0) is 37.6 Å². The summed E-state index contributed by atoms with van der Waals surface area (Å²) in [6, 6.07) is 16.8. The van der Waals surface area contributed by atoms with E-state index in [-0.39, 0.29) is 18.6 Å². The Morgan fingerprint density at radius 1 is 1.25 bits per heavy atom. The first-order chi connectivity index (χ1) is 13.7. The smallest absolute Gasteiger partial charge is 0.246 e. The number of carbonyl (C=O) groups is 1. The zero-order valence-electron chi connectivity index (χ0n) is 16.4. The van der Waals surface area contributed by atoms with E-state index in [0.717, 1.165) is 47.6 Å². The van der Waals surface area contributed by atoms with Gasteiger partial charge in [0.25, 0.3) is 0 Å². The minimum atomic E-state index is -0.0397. The van der Waals surface area contributed by atoms with Crippen LogP contribution in [0.3, 0.4) is 0 Å². The van der Waals surface area contributed by atoms with Crippen molar-refractivity contribution in [3.8, 4) is 11.4 Å². The van der Waals surface area contributed by atoms with Crippen molar-refractivity contribution < 1.29 is 9.53 Å². The van der Waals surface area contributed by atoms with Crippen LogP contribution >= 0.6 is 0 Å². The molecule has 1 N–H and O–H groups in total. The Balaban J connectivity index is 1.50. The molecule has 2 aromatic carbocycles. The Labute approximate surface area is 165 Å². The lowest BCUT2D eigenvalue weighted by atomic mass is 10.1. The lowest BCUT2D eigenvalue weighted by Crippen LogP contribution is -2.39. The van der Waals surface area contributed by atoms with Crippen LogP contribution in [0.25, 0.3) is 22.4 Å². The number of benzene rings is 2. The predicted molar refractivity (Wildman–Crippen MR) is 111 cm³/mol. The van der Waals surface area contributed by atoms with E-state index >= 15 is 0 Å². The molecule has 1 atom stereocenters. The van der Waals surface area contributed by atoms with Gasteiger partial charge in [0, 0.05) is 44.0 Å². The predicted octanol–water partition coefficient (Wildman–Crippen LogP) is 2.97. The Bertz CT molecular complexity index is 982. The third-order valence-electron chi connectivity index (χ3n) is 5.25. The number of hydrogen-bond acceptors (Lipinski definition) is 4. The van der Waals surface area contributed by atoms with E-state index < -0.39 is 0 Å². The molecule has 146 valence electrons. The molecule has 1 aliphatic heterocycles. The molecule has 6 heteroatoms. The number of nitrogens with zero attached hydrogens (tertiary/aromatic N) is 3. The number of nitrogens with one attached hydrogen (secondary N) is 1. The van der Waals surface area contributed by atoms with Crippen molar-refractivity contribution in [2.24, 2.45) is 7.05 Å². The van der Waals surface area contributed by atoms with E-state index in [1.165, 1.54) is 0 Å². The molecule has 1 amide bonds. The molecule has 0 radical (unpaired) electrons. The number of imidazole rings is 1. The van der Waals surface area contributed by atoms with Gasteiger partial charge >= 0.3 is 0 Å². The van der Waals surface area contributed by atoms with E-state index in [9.17, 15) is 4.79 Å². The van der Waals surface area contributed by atoms with Gasteiger partial charge in [-0.15, -0.1) is 0 Å². The second-order valence-electron chi connectivity index (χ2n) is 7.17. The summed E-state index contributed by atoms with van der Waals surface area (Å²) < 4.78 is 7.32. The van der Waals surface area contributed by atoms with Crippen molar-refractivity contribution in [3.05, 3.63) is 48.5 Å². The van der Waals surface area contributed by atoms with Crippen molar-refractivity contribution >= 4 is 22.6 Å². The van der Waals surface area contributed by atoms with Crippen LogP contribution in [0.2, 0.25) is 0 Å². The molecule has 3 aromatic rings. The molecule has 0 aliphatic carbocycles. The molecular weight excluding hydrogens is 352 g/mol. The van der Waals surface area contributed by atoms with Crippen LogP contribution in [0.1, 0.15) is 13.3 Å². The second kappa shape index (κ2) is 8.02. The molecular formula is C22H26N4O2. The normalized spacial score (nSPS) is 16.6. The van der Waals surface area contributed by atoms with Gasteiger partial charge in [0.15, 0.2) is 0 Å². The van der Waals surface area contributed by atoms with E-state index in [0.29, 0.717) is 6.61 Å². The molecule has 2 heterocycles. The quantitative estimate of drug-likeness (QED) is 0.716. The average molecular weight is 378 g/mol. The van der Waals surface area contributed by atoms with Crippen LogP contribution in [0.4, 0.5) is 5.69 Å². The van der Waals surface area contributed by atoms with Crippen LogP contribution in [0.5, 0.6) is 0 Å². The third-order valence-corrected chi connectivity index (χ3v) is 5.25. The fourth-order valence-corrected chi connectivity index (χ4v) is 3.82. The van der Waals surface area contributed by atoms with Crippen molar-refractivity contribution in [1.29, 1.82) is 0 Å². The van der Waals surface area contributed by atoms with Gasteiger partial charge in [-0.3, -0.25) is 4.79 Å². The molecule has 4 rings (SSSR count). The first-order valence-electron chi connectivity index (χ1n) is 9.79. The summed E-state index contributed by atoms with van der Waals surface area (Å²) in [5, 5.41) is 3.06. The lowest BCUT2D eigenvalue weighted by molar-refractivity contribution is -0.126. The van der Waals surface area contributed by atoms with Crippen LogP contribution in [-0.4, -0.2) is 47.8 Å². The fraction of sp³-hybridized carbons (Fsp3) is 0.364. The topological polar surface area (TPSA) is 59.4 Å². The highest BCUT2D eigenvalue weighted by atomic mass is 16.5. The van der Waals surface area contributed by atoms with Gasteiger partial charge in [-0.1, -0.05) is 24.3 Å². The number of carbonyl (C=O) groups excluding carboxylic acids is 1. The van der Waals surface area contributed by atoms with E-state index in [2.05, 4.69) is 52.2 Å². The maximum Gasteiger partial charge on any atom is 0.246 e. The first-order valence-corrected chi connectivity index (χ1v) is 9.79. The second-order valence-corrected chi connectivity index (χ2v) is 7.17. The molecule has 0 saturated carbocycles. The zero-order valence-corrected chi connectivity index (χ0v) is 16.4. The van der Waals surface area contributed by atoms with Gasteiger partial charge in [0.1, 0.15) is 12.4 Å². The minimum Gasteiger partial charge on any atom is -0.372 e. The van der Waals surface area contributed by atoms with Gasteiger partial charge in [-0.25, -0.2) is 4.98 Å². The number of aromatic nitrogens is 2. The maximum atomic E-state index is 11.9. The summed E-state index contributed by atoms with van der Waals surface area (Å²) in [7, 11) is 2.05. The third kappa shape index (κ3) is 3.73. The number of fused-ring (bicyclic) bond motifs is 1. The highest BCUT2D eigenvalue weighted by molar-refractivity contribution is 5.81. The van der Waals surface area contributed by atoms with Gasteiger partial charge < -0.3 is 19.5 Å². The minimum absolute atomic E-state index is 0.0397. The fourth-order valence-electron chi connectivity index (χ4n) is 3.82. The molecule has 1 saturated heterocycles. The van der Waals surface area contributed by atoms with Gasteiger partial charge in [0.2, 0.25) is 5.91 Å². The van der Waals surface area contributed by atoms with Crippen molar-refractivity contribution in [1.82, 2.24) is 14.9 Å². The summed E-state index contributed by atoms with van der Waals surface area (Å²) in [4.78, 5) is 19.0. The number of amides is 1. The van der Waals surface area contributed by atoms with Crippen LogP contribution in [-0.2, 0) is 16.6 Å². The molecule has 28 heavy (non-hydrogen) atoms. The van der Waals surface area contributed by atoms with Crippen molar-refractivity contribution in [2.75, 3.05) is 31.2 Å².